The SMILES string of the molecule is C[C@@H](Sc1[nH+]c(N)c(C#N)cc1C#N)C(=O)NCc1ccccc1Cl. The molecule has 2 aromatic rings. The molecule has 0 aliphatic rings. The van der Waals surface area contributed by atoms with E-state index in [9.17, 15) is 10.1 Å². The van der Waals surface area contributed by atoms with Crippen molar-refractivity contribution in [3.8, 4) is 12.1 Å². The summed E-state index contributed by atoms with van der Waals surface area (Å²) < 4.78 is 0. The Morgan fingerprint density at radius 3 is 2.68 bits per heavy atom. The minimum absolute atomic E-state index is 0.160. The normalized spacial score (nSPS) is 11.2. The molecule has 0 spiro atoms. The fraction of sp³-hybridized carbons (Fsp3) is 0.176. The Labute approximate surface area is 154 Å². The highest BCUT2D eigenvalue weighted by atomic mass is 35.5. The van der Waals surface area contributed by atoms with E-state index in [2.05, 4.69) is 10.3 Å². The number of carbonyl (C=O) groups excluding carboxylic acids is 1. The van der Waals surface area contributed by atoms with Gasteiger partial charge in [0.05, 0.1) is 5.25 Å². The number of nitrogens with two attached hydrogens (primary N) is 1. The van der Waals surface area contributed by atoms with Crippen molar-refractivity contribution < 1.29 is 9.78 Å². The Morgan fingerprint density at radius 2 is 2.04 bits per heavy atom. The van der Waals surface area contributed by atoms with Crippen molar-refractivity contribution >= 4 is 35.1 Å². The maximum Gasteiger partial charge on any atom is 0.289 e. The average molecular weight is 373 g/mol. The number of nitrogens with one attached hydrogen (secondary N) is 2. The fourth-order valence-electron chi connectivity index (χ4n) is 2.01. The summed E-state index contributed by atoms with van der Waals surface area (Å²) in [5.74, 6) is -0.0437. The summed E-state index contributed by atoms with van der Waals surface area (Å²) in [7, 11) is 0. The Hall–Kier alpha value is -2.74. The van der Waals surface area contributed by atoms with Crippen molar-refractivity contribution in [3.63, 3.8) is 0 Å². The highest BCUT2D eigenvalue weighted by Crippen LogP contribution is 2.24. The van der Waals surface area contributed by atoms with Gasteiger partial charge >= 0.3 is 0 Å². The van der Waals surface area contributed by atoms with Gasteiger partial charge in [0, 0.05) is 11.6 Å². The first kappa shape index (κ1) is 18.6. The lowest BCUT2D eigenvalue weighted by molar-refractivity contribution is -0.410. The van der Waals surface area contributed by atoms with Crippen LogP contribution in [0.2, 0.25) is 5.02 Å². The number of anilines is 1. The van der Waals surface area contributed by atoms with Crippen LogP contribution < -0.4 is 16.0 Å². The van der Waals surface area contributed by atoms with E-state index in [4.69, 9.17) is 22.6 Å². The van der Waals surface area contributed by atoms with E-state index in [0.29, 0.717) is 16.6 Å². The summed E-state index contributed by atoms with van der Waals surface area (Å²) in [4.78, 5) is 15.1. The smallest absolute Gasteiger partial charge is 0.289 e. The third-order valence-electron chi connectivity index (χ3n) is 3.39. The van der Waals surface area contributed by atoms with Gasteiger partial charge in [-0.25, -0.2) is 4.98 Å². The number of hydrogen-bond donors (Lipinski definition) is 2. The fourth-order valence-corrected chi connectivity index (χ4v) is 3.16. The predicted octanol–water partition coefficient (Wildman–Crippen LogP) is 2.28. The van der Waals surface area contributed by atoms with Crippen molar-refractivity contribution in [1.82, 2.24) is 5.32 Å². The number of nitrogens with zero attached hydrogens (tertiary/aromatic N) is 2. The molecule has 126 valence electrons. The lowest BCUT2D eigenvalue weighted by Gasteiger charge is -2.12. The van der Waals surface area contributed by atoms with Crippen LogP contribution in [0, 0.1) is 22.7 Å². The summed E-state index contributed by atoms with van der Waals surface area (Å²) in [6, 6.07) is 12.6. The molecular weight excluding hydrogens is 358 g/mol. The zero-order valence-electron chi connectivity index (χ0n) is 13.3. The quantitative estimate of drug-likeness (QED) is 0.781. The molecule has 0 aliphatic carbocycles. The van der Waals surface area contributed by atoms with Crippen LogP contribution in [0.25, 0.3) is 0 Å². The molecule has 1 amide bonds. The van der Waals surface area contributed by atoms with E-state index in [-0.39, 0.29) is 22.9 Å². The number of carbonyl (C=O) groups is 1. The van der Waals surface area contributed by atoms with Crippen LogP contribution in [0.15, 0.2) is 35.4 Å². The van der Waals surface area contributed by atoms with Crippen molar-refractivity contribution in [1.29, 1.82) is 10.5 Å². The topological polar surface area (TPSA) is 117 Å². The maximum absolute atomic E-state index is 12.3. The van der Waals surface area contributed by atoms with E-state index < -0.39 is 5.25 Å². The molecular formula is C17H15ClN5OS+. The van der Waals surface area contributed by atoms with E-state index in [0.717, 1.165) is 17.3 Å². The van der Waals surface area contributed by atoms with E-state index in [1.807, 2.05) is 30.3 Å². The second kappa shape index (κ2) is 8.39. The number of H-pyrrole nitrogens is 1. The van der Waals surface area contributed by atoms with Gasteiger partial charge in [0.2, 0.25) is 5.91 Å². The summed E-state index contributed by atoms with van der Waals surface area (Å²) in [5, 5.41) is 21.5. The lowest BCUT2D eigenvalue weighted by Crippen LogP contribution is -2.31. The van der Waals surface area contributed by atoms with Crippen LogP contribution in [0.5, 0.6) is 0 Å². The number of aromatic nitrogens is 1. The van der Waals surface area contributed by atoms with Crippen molar-refractivity contribution in [2.75, 3.05) is 5.73 Å². The van der Waals surface area contributed by atoms with Crippen LogP contribution in [-0.2, 0) is 11.3 Å². The van der Waals surface area contributed by atoms with Crippen molar-refractivity contribution in [2.45, 2.75) is 23.7 Å². The standard InChI is InChI=1S/C17H14ClN5OS/c1-10(16(24)22-9-11-4-2-3-5-14(11)18)25-17-13(8-20)6-12(7-19)15(21)23-17/h2-6,10H,9H2,1H3,(H2,21,23)(H,22,24)/p+1/t10-/m1/s1. The van der Waals surface area contributed by atoms with Crippen molar-refractivity contribution in [2.24, 2.45) is 0 Å². The number of benzene rings is 1. The number of amides is 1. The number of halogens is 1. The first-order chi connectivity index (χ1) is 12.0. The number of nitriles is 2. The molecule has 25 heavy (non-hydrogen) atoms. The largest absolute Gasteiger partial charge is 0.351 e. The van der Waals surface area contributed by atoms with Gasteiger partial charge in [0.15, 0.2) is 5.03 Å². The predicted molar refractivity (Wildman–Crippen MR) is 95.5 cm³/mol. The van der Waals surface area contributed by atoms with Crippen LogP contribution in [0.4, 0.5) is 5.82 Å². The molecule has 0 saturated heterocycles. The number of thioether (sulfide) groups is 1. The Morgan fingerprint density at radius 1 is 1.36 bits per heavy atom. The molecule has 0 unspecified atom stereocenters. The minimum atomic E-state index is -0.474. The highest BCUT2D eigenvalue weighted by molar-refractivity contribution is 8.00. The molecule has 1 heterocycles. The van der Waals surface area contributed by atoms with Crippen LogP contribution in [0.3, 0.4) is 0 Å². The highest BCUT2D eigenvalue weighted by Gasteiger charge is 2.21. The Kier molecular flexibility index (Phi) is 6.24. The number of hydrogen-bond acceptors (Lipinski definition) is 5. The molecule has 0 bridgehead atoms. The summed E-state index contributed by atoms with van der Waals surface area (Å²) in [6.07, 6.45) is 0. The number of pyridine rings is 1. The number of aromatic amines is 1. The average Bonchev–Trinajstić information content (AvgIpc) is 2.61. The van der Waals surface area contributed by atoms with Crippen LogP contribution in [0.1, 0.15) is 23.6 Å². The van der Waals surface area contributed by atoms with Gasteiger partial charge in [-0.2, -0.15) is 10.5 Å². The molecule has 2 rings (SSSR count). The Bertz CT molecular complexity index is 888. The molecule has 1 atom stereocenters. The molecule has 1 aromatic heterocycles. The minimum Gasteiger partial charge on any atom is -0.351 e. The summed E-state index contributed by atoms with van der Waals surface area (Å²) in [6.45, 7) is 2.03. The molecule has 0 fully saturated rings. The Balaban J connectivity index is 2.07. The van der Waals surface area contributed by atoms with E-state index in [1.165, 1.54) is 6.07 Å². The van der Waals surface area contributed by atoms with Crippen LogP contribution in [-0.4, -0.2) is 11.2 Å². The molecule has 0 saturated carbocycles. The van der Waals surface area contributed by atoms with E-state index in [1.54, 1.807) is 13.0 Å². The van der Waals surface area contributed by atoms with Gasteiger partial charge in [-0.15, -0.1) is 0 Å². The van der Waals surface area contributed by atoms with Gasteiger partial charge in [-0.05, 0) is 24.6 Å². The number of rotatable bonds is 5. The van der Waals surface area contributed by atoms with Gasteiger partial charge in [0.25, 0.3) is 5.82 Å². The van der Waals surface area contributed by atoms with Crippen molar-refractivity contribution in [3.05, 3.63) is 52.0 Å². The second-order valence-corrected chi connectivity index (χ2v) is 6.89. The van der Waals surface area contributed by atoms with Gasteiger partial charge in [-0.1, -0.05) is 41.6 Å². The molecule has 0 aliphatic heterocycles. The third-order valence-corrected chi connectivity index (χ3v) is 4.88. The second-order valence-electron chi connectivity index (χ2n) is 5.13. The first-order valence-electron chi connectivity index (χ1n) is 7.30. The third kappa shape index (κ3) is 4.63. The summed E-state index contributed by atoms with van der Waals surface area (Å²) in [5.41, 5.74) is 7.02. The van der Waals surface area contributed by atoms with Gasteiger partial charge in [0.1, 0.15) is 23.3 Å². The maximum atomic E-state index is 12.3. The molecule has 6 nitrogen and oxygen atoms in total. The molecule has 0 radical (unpaired) electrons. The molecule has 8 heteroatoms. The zero-order valence-corrected chi connectivity index (χ0v) is 14.9. The van der Waals surface area contributed by atoms with Gasteiger partial charge in [-0.3, -0.25) is 10.5 Å². The lowest BCUT2D eigenvalue weighted by atomic mass is 10.2. The zero-order chi connectivity index (χ0) is 18.4. The monoisotopic (exact) mass is 372 g/mol. The molecule has 4 N–H and O–H groups in total. The molecule has 1 aromatic carbocycles. The number of nitrogen functional groups attached to an aromatic ring is 1. The van der Waals surface area contributed by atoms with Gasteiger partial charge < -0.3 is 5.32 Å². The van der Waals surface area contributed by atoms with E-state index >= 15 is 0 Å². The summed E-state index contributed by atoms with van der Waals surface area (Å²) >= 11 is 7.23. The first-order valence-corrected chi connectivity index (χ1v) is 8.55. The van der Waals surface area contributed by atoms with Crippen LogP contribution >= 0.6 is 23.4 Å².